The molecule has 0 atom stereocenters. The van der Waals surface area contributed by atoms with Gasteiger partial charge in [0.2, 0.25) is 5.95 Å². The molecule has 3 aromatic rings. The molecule has 3 rings (SSSR count). The van der Waals surface area contributed by atoms with Crippen molar-refractivity contribution < 1.29 is 0 Å². The summed E-state index contributed by atoms with van der Waals surface area (Å²) in [5, 5.41) is 3.35. The van der Waals surface area contributed by atoms with E-state index in [1.165, 1.54) is 16.7 Å². The van der Waals surface area contributed by atoms with E-state index < -0.39 is 0 Å². The third-order valence-corrected chi connectivity index (χ3v) is 4.20. The Morgan fingerprint density at radius 3 is 2.56 bits per heavy atom. The van der Waals surface area contributed by atoms with E-state index in [0.29, 0.717) is 5.95 Å². The largest absolute Gasteiger partial charge is 0.352 e. The van der Waals surface area contributed by atoms with Crippen LogP contribution in [0.4, 0.5) is 17.5 Å². The lowest BCUT2D eigenvalue weighted by Crippen LogP contribution is -2.23. The van der Waals surface area contributed by atoms with Gasteiger partial charge in [0.05, 0.1) is 0 Å². The zero-order valence-electron chi connectivity index (χ0n) is 15.0. The Morgan fingerprint density at radius 2 is 1.80 bits per heavy atom. The highest BCUT2D eigenvalue weighted by Crippen LogP contribution is 2.21. The molecule has 1 N–H and O–H groups in total. The van der Waals surface area contributed by atoms with Crippen molar-refractivity contribution in [2.75, 3.05) is 16.8 Å². The Morgan fingerprint density at radius 1 is 1.00 bits per heavy atom. The standard InChI is InChI=1S/C21H24N4/c1-4-25(15-18-8-6-5-7-9-18)20-12-13-22-21(24-20)23-19-14-16(2)10-11-17(19)3/h5-14H,4,15H2,1-3H3,(H,22,23,24). The molecule has 4 nitrogen and oxygen atoms in total. The van der Waals surface area contributed by atoms with Crippen LogP contribution in [0.1, 0.15) is 23.6 Å². The second-order valence-electron chi connectivity index (χ2n) is 6.18. The number of rotatable bonds is 6. The molecule has 0 saturated carbocycles. The van der Waals surface area contributed by atoms with Gasteiger partial charge in [-0.1, -0.05) is 42.5 Å². The number of hydrogen-bond acceptors (Lipinski definition) is 4. The molecule has 1 heterocycles. The highest BCUT2D eigenvalue weighted by molar-refractivity contribution is 5.60. The van der Waals surface area contributed by atoms with E-state index in [2.05, 4.69) is 78.4 Å². The molecular formula is C21H24N4. The van der Waals surface area contributed by atoms with Crippen LogP contribution in [0, 0.1) is 13.8 Å². The Balaban J connectivity index is 1.81. The maximum absolute atomic E-state index is 4.71. The molecule has 0 amide bonds. The molecule has 25 heavy (non-hydrogen) atoms. The minimum Gasteiger partial charge on any atom is -0.352 e. The zero-order chi connectivity index (χ0) is 17.6. The van der Waals surface area contributed by atoms with E-state index in [1.54, 1.807) is 0 Å². The van der Waals surface area contributed by atoms with Crippen LogP contribution in [0.5, 0.6) is 0 Å². The molecule has 128 valence electrons. The topological polar surface area (TPSA) is 41.1 Å². The molecule has 0 bridgehead atoms. The lowest BCUT2D eigenvalue weighted by Gasteiger charge is -2.22. The van der Waals surface area contributed by atoms with Crippen molar-refractivity contribution in [2.24, 2.45) is 0 Å². The quantitative estimate of drug-likeness (QED) is 0.699. The van der Waals surface area contributed by atoms with E-state index in [-0.39, 0.29) is 0 Å². The molecule has 1 aromatic heterocycles. The molecule has 0 radical (unpaired) electrons. The summed E-state index contributed by atoms with van der Waals surface area (Å²) < 4.78 is 0. The summed E-state index contributed by atoms with van der Waals surface area (Å²) in [6, 6.07) is 18.7. The van der Waals surface area contributed by atoms with Gasteiger partial charge < -0.3 is 10.2 Å². The predicted molar refractivity (Wildman–Crippen MR) is 104 cm³/mol. The average Bonchev–Trinajstić information content (AvgIpc) is 2.64. The van der Waals surface area contributed by atoms with Gasteiger partial charge in [-0.3, -0.25) is 0 Å². The first-order valence-electron chi connectivity index (χ1n) is 8.62. The predicted octanol–water partition coefficient (Wildman–Crippen LogP) is 4.86. The molecule has 0 spiro atoms. The van der Waals surface area contributed by atoms with E-state index >= 15 is 0 Å². The molecule has 4 heteroatoms. The van der Waals surface area contributed by atoms with Crippen LogP contribution in [-0.4, -0.2) is 16.5 Å². The van der Waals surface area contributed by atoms with Crippen molar-refractivity contribution in [3.63, 3.8) is 0 Å². The number of anilines is 3. The van der Waals surface area contributed by atoms with Crippen molar-refractivity contribution in [1.29, 1.82) is 0 Å². The Labute approximate surface area is 149 Å². The minimum absolute atomic E-state index is 0.623. The van der Waals surface area contributed by atoms with Gasteiger partial charge in [0.15, 0.2) is 0 Å². The van der Waals surface area contributed by atoms with Gasteiger partial charge in [-0.2, -0.15) is 4.98 Å². The fraction of sp³-hybridized carbons (Fsp3) is 0.238. The molecule has 0 aliphatic carbocycles. The minimum atomic E-state index is 0.623. The van der Waals surface area contributed by atoms with Crippen molar-refractivity contribution in [1.82, 2.24) is 9.97 Å². The van der Waals surface area contributed by atoms with Crippen molar-refractivity contribution in [2.45, 2.75) is 27.3 Å². The van der Waals surface area contributed by atoms with Crippen LogP contribution < -0.4 is 10.2 Å². The summed E-state index contributed by atoms with van der Waals surface area (Å²) in [6.45, 7) is 8.02. The summed E-state index contributed by atoms with van der Waals surface area (Å²) in [7, 11) is 0. The van der Waals surface area contributed by atoms with Crippen molar-refractivity contribution in [3.8, 4) is 0 Å². The van der Waals surface area contributed by atoms with E-state index in [9.17, 15) is 0 Å². The van der Waals surface area contributed by atoms with Crippen molar-refractivity contribution in [3.05, 3.63) is 77.5 Å². The van der Waals surface area contributed by atoms with Crippen LogP contribution in [-0.2, 0) is 6.54 Å². The van der Waals surface area contributed by atoms with Gasteiger partial charge in [-0.15, -0.1) is 0 Å². The smallest absolute Gasteiger partial charge is 0.229 e. The monoisotopic (exact) mass is 332 g/mol. The fourth-order valence-corrected chi connectivity index (χ4v) is 2.74. The third-order valence-electron chi connectivity index (χ3n) is 4.20. The van der Waals surface area contributed by atoms with Gasteiger partial charge in [0.25, 0.3) is 0 Å². The average molecular weight is 332 g/mol. The summed E-state index contributed by atoms with van der Waals surface area (Å²) in [6.07, 6.45) is 1.81. The molecule has 0 saturated heterocycles. The first-order chi connectivity index (χ1) is 12.2. The lowest BCUT2D eigenvalue weighted by molar-refractivity contribution is 0.811. The number of nitrogens with one attached hydrogen (secondary N) is 1. The Kier molecular flexibility index (Phi) is 5.29. The molecule has 0 aliphatic rings. The summed E-state index contributed by atoms with van der Waals surface area (Å²) in [5.41, 5.74) is 4.70. The summed E-state index contributed by atoms with van der Waals surface area (Å²) in [4.78, 5) is 11.3. The van der Waals surface area contributed by atoms with Crippen LogP contribution in [0.2, 0.25) is 0 Å². The summed E-state index contributed by atoms with van der Waals surface area (Å²) >= 11 is 0. The maximum atomic E-state index is 4.71. The first kappa shape index (κ1) is 17.0. The molecule has 2 aromatic carbocycles. The Hall–Kier alpha value is -2.88. The van der Waals surface area contributed by atoms with Crippen molar-refractivity contribution >= 4 is 17.5 Å². The molecule has 0 fully saturated rings. The third kappa shape index (κ3) is 4.35. The number of hydrogen-bond donors (Lipinski definition) is 1. The van der Waals surface area contributed by atoms with Crippen LogP contribution >= 0.6 is 0 Å². The van der Waals surface area contributed by atoms with E-state index in [1.807, 2.05) is 18.3 Å². The van der Waals surface area contributed by atoms with Gasteiger partial charge in [-0.25, -0.2) is 4.98 Å². The van der Waals surface area contributed by atoms with E-state index in [4.69, 9.17) is 4.98 Å². The van der Waals surface area contributed by atoms with Crippen LogP contribution in [0.15, 0.2) is 60.8 Å². The number of nitrogens with zero attached hydrogens (tertiary/aromatic N) is 3. The zero-order valence-corrected chi connectivity index (χ0v) is 15.0. The number of aryl methyl sites for hydroxylation is 2. The van der Waals surface area contributed by atoms with Gasteiger partial charge in [0, 0.05) is 25.0 Å². The second kappa shape index (κ2) is 7.79. The summed E-state index contributed by atoms with van der Waals surface area (Å²) in [5.74, 6) is 1.55. The second-order valence-corrected chi connectivity index (χ2v) is 6.18. The number of aromatic nitrogens is 2. The van der Waals surface area contributed by atoms with Gasteiger partial charge in [-0.05, 0) is 49.6 Å². The highest BCUT2D eigenvalue weighted by Gasteiger charge is 2.09. The fourth-order valence-electron chi connectivity index (χ4n) is 2.74. The van der Waals surface area contributed by atoms with Gasteiger partial charge >= 0.3 is 0 Å². The van der Waals surface area contributed by atoms with Gasteiger partial charge in [0.1, 0.15) is 5.82 Å². The Bertz CT molecular complexity index is 830. The maximum Gasteiger partial charge on any atom is 0.229 e. The van der Waals surface area contributed by atoms with Crippen LogP contribution in [0.25, 0.3) is 0 Å². The molecular weight excluding hydrogens is 308 g/mol. The molecule has 0 aliphatic heterocycles. The first-order valence-corrected chi connectivity index (χ1v) is 8.62. The normalized spacial score (nSPS) is 10.5. The van der Waals surface area contributed by atoms with Crippen LogP contribution in [0.3, 0.4) is 0 Å². The highest BCUT2D eigenvalue weighted by atomic mass is 15.2. The van der Waals surface area contributed by atoms with E-state index in [0.717, 1.165) is 24.6 Å². The lowest BCUT2D eigenvalue weighted by atomic mass is 10.1. The molecule has 0 unspecified atom stereocenters. The SMILES string of the molecule is CCN(Cc1ccccc1)c1ccnc(Nc2cc(C)ccc2C)n1. The number of benzene rings is 2.